The number of nitrogens with zero attached hydrogens (tertiary/aromatic N) is 1. The molecular formula is C15H20NO7P2+. The highest BCUT2D eigenvalue weighted by atomic mass is 31.2. The Labute approximate surface area is 145 Å². The van der Waals surface area contributed by atoms with Gasteiger partial charge in [0.2, 0.25) is 7.37 Å². The molecule has 10 heteroatoms. The number of hydrogen-bond donors (Lipinski definition) is 4. The van der Waals surface area contributed by atoms with Gasteiger partial charge < -0.3 is 24.5 Å². The van der Waals surface area contributed by atoms with Gasteiger partial charge in [0.1, 0.15) is 5.75 Å². The summed E-state index contributed by atoms with van der Waals surface area (Å²) in [7, 11) is -8.24. The molecule has 8 nitrogen and oxygen atoms in total. The molecule has 0 aliphatic heterocycles. The summed E-state index contributed by atoms with van der Waals surface area (Å²) < 4.78 is 29.9. The molecule has 0 aliphatic carbocycles. The molecule has 0 aliphatic rings. The van der Waals surface area contributed by atoms with Crippen molar-refractivity contribution in [3.63, 3.8) is 0 Å². The molecule has 1 heterocycles. The maximum atomic E-state index is 11.9. The molecule has 0 saturated heterocycles. The Hall–Kier alpha value is -1.53. The Balaban J connectivity index is 2.41. The monoisotopic (exact) mass is 388 g/mol. The van der Waals surface area contributed by atoms with Crippen LogP contribution in [0.15, 0.2) is 48.8 Å². The van der Waals surface area contributed by atoms with E-state index in [0.29, 0.717) is 11.3 Å². The molecule has 136 valence electrons. The van der Waals surface area contributed by atoms with Gasteiger partial charge in [-0.3, -0.25) is 9.13 Å². The van der Waals surface area contributed by atoms with Crippen LogP contribution in [-0.4, -0.2) is 38.6 Å². The van der Waals surface area contributed by atoms with Crippen molar-refractivity contribution >= 4 is 15.0 Å². The quantitative estimate of drug-likeness (QED) is 0.435. The van der Waals surface area contributed by atoms with E-state index in [-0.39, 0.29) is 0 Å². The van der Waals surface area contributed by atoms with Crippen LogP contribution in [-0.2, 0) is 15.7 Å². The van der Waals surface area contributed by atoms with Crippen molar-refractivity contribution in [2.45, 2.75) is 11.6 Å². The van der Waals surface area contributed by atoms with Crippen molar-refractivity contribution in [1.82, 2.24) is 0 Å². The van der Waals surface area contributed by atoms with E-state index in [9.17, 15) is 28.9 Å². The van der Waals surface area contributed by atoms with Crippen LogP contribution >= 0.6 is 15.0 Å². The predicted octanol–water partition coefficient (Wildman–Crippen LogP) is 1.37. The highest BCUT2D eigenvalue weighted by molar-refractivity contribution is 7.74. The molecule has 0 bridgehead atoms. The smallest absolute Gasteiger partial charge is 0.373 e. The zero-order chi connectivity index (χ0) is 18.9. The van der Waals surface area contributed by atoms with Gasteiger partial charge in [-0.05, 0) is 23.8 Å². The fourth-order valence-electron chi connectivity index (χ4n) is 2.28. The first-order valence-corrected chi connectivity index (χ1v) is 10.9. The van der Waals surface area contributed by atoms with E-state index in [1.54, 1.807) is 43.5 Å². The molecule has 2 rings (SSSR count). The zero-order valence-electron chi connectivity index (χ0n) is 13.7. The van der Waals surface area contributed by atoms with Crippen LogP contribution in [0.4, 0.5) is 0 Å². The van der Waals surface area contributed by atoms with Gasteiger partial charge in [0.25, 0.3) is 0 Å². The molecule has 0 spiro atoms. The molecule has 0 radical (unpaired) electrons. The highest BCUT2D eigenvalue weighted by Crippen LogP contribution is 2.67. The number of aliphatic hydroxyl groups is 1. The second kappa shape index (κ2) is 7.00. The summed E-state index contributed by atoms with van der Waals surface area (Å²) in [5, 5.41) is 7.19. The predicted molar refractivity (Wildman–Crippen MR) is 91.4 cm³/mol. The SMILES string of the molecule is COc1ccc(-c2ccc[n+](CC(O)(P(C)(=O)O)P(=O)(O)O)c2)cc1. The average molecular weight is 388 g/mol. The van der Waals surface area contributed by atoms with Gasteiger partial charge in [-0.15, -0.1) is 0 Å². The molecule has 2 aromatic rings. The van der Waals surface area contributed by atoms with Crippen molar-refractivity contribution in [3.05, 3.63) is 48.8 Å². The summed E-state index contributed by atoms with van der Waals surface area (Å²) in [5.74, 6) is 0.677. The van der Waals surface area contributed by atoms with Crippen LogP contribution in [0, 0.1) is 0 Å². The maximum Gasteiger partial charge on any atom is 0.373 e. The molecular weight excluding hydrogens is 368 g/mol. The van der Waals surface area contributed by atoms with Gasteiger partial charge in [0.05, 0.1) is 7.11 Å². The zero-order valence-corrected chi connectivity index (χ0v) is 15.5. The minimum absolute atomic E-state index is 0.677. The Bertz CT molecular complexity index is 819. The van der Waals surface area contributed by atoms with E-state index < -0.39 is 26.6 Å². The normalized spacial score (nSPS) is 16.7. The minimum atomic E-state index is -5.27. The van der Waals surface area contributed by atoms with Crippen molar-refractivity contribution in [2.24, 2.45) is 0 Å². The van der Waals surface area contributed by atoms with Gasteiger partial charge in [-0.1, -0.05) is 12.1 Å². The molecule has 4 N–H and O–H groups in total. The fraction of sp³-hybridized carbons (Fsp3) is 0.267. The van der Waals surface area contributed by atoms with E-state index in [1.807, 2.05) is 0 Å². The Kier molecular flexibility index (Phi) is 5.54. The molecule has 1 aromatic carbocycles. The van der Waals surface area contributed by atoms with E-state index in [2.05, 4.69) is 0 Å². The number of aromatic nitrogens is 1. The number of methoxy groups -OCH3 is 1. The van der Waals surface area contributed by atoms with Crippen LogP contribution < -0.4 is 9.30 Å². The maximum absolute atomic E-state index is 11.9. The fourth-order valence-corrected chi connectivity index (χ4v) is 4.99. The second-order valence-corrected chi connectivity index (χ2v) is 10.4. The topological polar surface area (TPSA) is 128 Å². The Morgan fingerprint density at radius 1 is 1.08 bits per heavy atom. The van der Waals surface area contributed by atoms with E-state index in [0.717, 1.165) is 12.2 Å². The molecule has 1 aromatic heterocycles. The van der Waals surface area contributed by atoms with E-state index >= 15 is 0 Å². The third-order valence-corrected chi connectivity index (χ3v) is 8.25. The van der Waals surface area contributed by atoms with Gasteiger partial charge >= 0.3 is 12.7 Å². The second-order valence-electron chi connectivity index (χ2n) is 5.69. The van der Waals surface area contributed by atoms with Crippen LogP contribution in [0.1, 0.15) is 0 Å². The van der Waals surface area contributed by atoms with Crippen molar-refractivity contribution < 1.29 is 38.2 Å². The Morgan fingerprint density at radius 3 is 2.16 bits per heavy atom. The summed E-state index contributed by atoms with van der Waals surface area (Å²) in [6.45, 7) is -0.00841. The van der Waals surface area contributed by atoms with Crippen LogP contribution in [0.5, 0.6) is 5.75 Å². The van der Waals surface area contributed by atoms with Crippen molar-refractivity contribution in [1.29, 1.82) is 0 Å². The van der Waals surface area contributed by atoms with E-state index in [1.165, 1.54) is 17.0 Å². The highest BCUT2D eigenvalue weighted by Gasteiger charge is 2.60. The lowest BCUT2D eigenvalue weighted by atomic mass is 10.1. The Morgan fingerprint density at radius 2 is 1.68 bits per heavy atom. The summed E-state index contributed by atoms with van der Waals surface area (Å²) in [5.41, 5.74) is 1.50. The lowest BCUT2D eigenvalue weighted by molar-refractivity contribution is -0.702. The van der Waals surface area contributed by atoms with E-state index in [4.69, 9.17) is 4.74 Å². The number of hydrogen-bond acceptors (Lipinski definition) is 4. The molecule has 25 heavy (non-hydrogen) atoms. The molecule has 0 saturated carbocycles. The first kappa shape index (κ1) is 19.8. The molecule has 0 amide bonds. The first-order chi connectivity index (χ1) is 11.5. The summed E-state index contributed by atoms with van der Waals surface area (Å²) in [4.78, 5) is 28.4. The van der Waals surface area contributed by atoms with Crippen LogP contribution in [0.2, 0.25) is 0 Å². The van der Waals surface area contributed by atoms with Gasteiger partial charge in [0, 0.05) is 18.3 Å². The standard InChI is InChI=1S/C15H19NO7P2/c1-23-14-7-5-12(6-8-14)13-4-3-9-16(10-13)11-15(17,24(2,18)19)25(20,21)22/h3-10,17H,11H2,1-2H3,(H2-,18,19,20,21,22)/p+1. The number of rotatable bonds is 6. The molecule has 2 unspecified atom stereocenters. The first-order valence-electron chi connectivity index (χ1n) is 7.20. The van der Waals surface area contributed by atoms with Gasteiger partial charge in [0.15, 0.2) is 18.9 Å². The van der Waals surface area contributed by atoms with Crippen LogP contribution in [0.3, 0.4) is 0 Å². The largest absolute Gasteiger partial charge is 0.497 e. The summed E-state index contributed by atoms with van der Waals surface area (Å²) >= 11 is 0. The molecule has 2 atom stereocenters. The number of ether oxygens (including phenoxy) is 1. The average Bonchev–Trinajstić information content (AvgIpc) is 2.53. The van der Waals surface area contributed by atoms with Gasteiger partial charge in [-0.2, -0.15) is 0 Å². The van der Waals surface area contributed by atoms with Crippen LogP contribution in [0.25, 0.3) is 11.1 Å². The summed E-state index contributed by atoms with van der Waals surface area (Å²) in [6, 6.07) is 10.5. The third-order valence-electron chi connectivity index (χ3n) is 3.81. The lowest BCUT2D eigenvalue weighted by Crippen LogP contribution is -2.47. The molecule has 0 fully saturated rings. The lowest BCUT2D eigenvalue weighted by Gasteiger charge is -2.27. The summed E-state index contributed by atoms with van der Waals surface area (Å²) in [6.07, 6.45) is 2.97. The van der Waals surface area contributed by atoms with Crippen molar-refractivity contribution in [2.75, 3.05) is 13.8 Å². The van der Waals surface area contributed by atoms with Gasteiger partial charge in [-0.25, -0.2) is 4.57 Å². The number of pyridine rings is 1. The van der Waals surface area contributed by atoms with Crippen molar-refractivity contribution in [3.8, 4) is 16.9 Å². The number of benzene rings is 1. The minimum Gasteiger partial charge on any atom is -0.497 e. The third kappa shape index (κ3) is 4.18.